The number of benzene rings is 1. The van der Waals surface area contributed by atoms with Crippen LogP contribution >= 0.6 is 0 Å². The Morgan fingerprint density at radius 1 is 1.32 bits per heavy atom. The molecule has 0 N–H and O–H groups in total. The van der Waals surface area contributed by atoms with Crippen molar-refractivity contribution in [1.82, 2.24) is 0 Å². The Kier molecular flexibility index (Phi) is 3.23. The fourth-order valence-electron chi connectivity index (χ4n) is 2.52. The summed E-state index contributed by atoms with van der Waals surface area (Å²) in [5.41, 5.74) is -0.381. The molecule has 7 heteroatoms. The average molecular weight is 309 g/mol. The normalized spacial score (nSPS) is 19.6. The van der Waals surface area contributed by atoms with Crippen LogP contribution in [0.15, 0.2) is 18.2 Å². The summed E-state index contributed by atoms with van der Waals surface area (Å²) < 4.78 is 29.6. The number of ether oxygens (including phenoxy) is 3. The van der Waals surface area contributed by atoms with Gasteiger partial charge in [-0.2, -0.15) is 0 Å². The zero-order chi connectivity index (χ0) is 16.1. The number of carbonyl (C=O) groups excluding carboxylic acids is 2. The van der Waals surface area contributed by atoms with E-state index in [0.717, 1.165) is 17.0 Å². The van der Waals surface area contributed by atoms with Crippen molar-refractivity contribution >= 4 is 17.7 Å². The molecule has 0 aliphatic carbocycles. The van der Waals surface area contributed by atoms with Crippen LogP contribution in [-0.2, 0) is 24.8 Å². The van der Waals surface area contributed by atoms with Gasteiger partial charge in [0.15, 0.2) is 0 Å². The monoisotopic (exact) mass is 309 g/mol. The van der Waals surface area contributed by atoms with E-state index in [4.69, 9.17) is 14.2 Å². The largest absolute Gasteiger partial charge is 0.443 e. The molecule has 0 unspecified atom stereocenters. The average Bonchev–Trinajstić information content (AvgIpc) is 2.96. The minimum atomic E-state index is -1.76. The Morgan fingerprint density at radius 2 is 1.95 bits per heavy atom. The van der Waals surface area contributed by atoms with Crippen molar-refractivity contribution < 1.29 is 28.2 Å². The minimum Gasteiger partial charge on any atom is -0.443 e. The van der Waals surface area contributed by atoms with Crippen LogP contribution in [0.5, 0.6) is 0 Å². The molecule has 0 aromatic heterocycles. The van der Waals surface area contributed by atoms with Gasteiger partial charge in [-0.25, -0.2) is 14.1 Å². The van der Waals surface area contributed by atoms with Gasteiger partial charge < -0.3 is 14.2 Å². The first-order valence-electron chi connectivity index (χ1n) is 6.90. The van der Waals surface area contributed by atoms with Gasteiger partial charge in [-0.05, 0) is 39.0 Å². The second kappa shape index (κ2) is 4.76. The molecule has 2 heterocycles. The predicted molar refractivity (Wildman–Crippen MR) is 73.7 cm³/mol. The maximum absolute atomic E-state index is 13.6. The number of fused-ring (bicyclic) bond motifs is 2. The molecule has 1 aromatic carbocycles. The molecule has 1 aromatic rings. The third-order valence-electron chi connectivity index (χ3n) is 3.31. The highest BCUT2D eigenvalue weighted by molar-refractivity contribution is 6.20. The van der Waals surface area contributed by atoms with Crippen molar-refractivity contribution in [1.29, 1.82) is 0 Å². The lowest BCUT2D eigenvalue weighted by atomic mass is 10.1. The van der Waals surface area contributed by atoms with Crippen molar-refractivity contribution in [2.24, 2.45) is 0 Å². The van der Waals surface area contributed by atoms with Crippen LogP contribution in [0, 0.1) is 5.82 Å². The molecule has 0 bridgehead atoms. The highest BCUT2D eigenvalue weighted by Crippen LogP contribution is 2.46. The quantitative estimate of drug-likeness (QED) is 0.736. The first-order valence-corrected chi connectivity index (χ1v) is 6.90. The first kappa shape index (κ1) is 14.9. The van der Waals surface area contributed by atoms with Gasteiger partial charge in [0, 0.05) is 5.56 Å². The van der Waals surface area contributed by atoms with E-state index >= 15 is 0 Å². The van der Waals surface area contributed by atoms with Gasteiger partial charge in [-0.15, -0.1) is 0 Å². The molecular weight excluding hydrogens is 293 g/mol. The second-order valence-corrected chi connectivity index (χ2v) is 6.10. The molecule has 0 saturated carbocycles. The number of hydrogen-bond acceptors (Lipinski definition) is 5. The van der Waals surface area contributed by atoms with E-state index in [-0.39, 0.29) is 24.5 Å². The van der Waals surface area contributed by atoms with Crippen LogP contribution in [-0.4, -0.2) is 30.8 Å². The number of halogens is 1. The topological polar surface area (TPSA) is 65.1 Å². The van der Waals surface area contributed by atoms with Crippen LogP contribution in [0.25, 0.3) is 0 Å². The second-order valence-electron chi connectivity index (χ2n) is 6.10. The van der Waals surface area contributed by atoms with Crippen molar-refractivity contribution in [3.05, 3.63) is 29.6 Å². The lowest BCUT2D eigenvalue weighted by Gasteiger charge is -2.25. The Morgan fingerprint density at radius 3 is 2.55 bits per heavy atom. The number of nitrogens with zero attached hydrogens (tertiary/aromatic N) is 1. The van der Waals surface area contributed by atoms with E-state index in [0.29, 0.717) is 0 Å². The fourth-order valence-corrected chi connectivity index (χ4v) is 2.52. The zero-order valence-electron chi connectivity index (χ0n) is 12.5. The van der Waals surface area contributed by atoms with Gasteiger partial charge in [-0.3, -0.25) is 4.79 Å². The highest BCUT2D eigenvalue weighted by Gasteiger charge is 2.58. The van der Waals surface area contributed by atoms with Gasteiger partial charge in [-0.1, -0.05) is 0 Å². The van der Waals surface area contributed by atoms with E-state index in [1.165, 1.54) is 6.07 Å². The van der Waals surface area contributed by atoms with E-state index in [9.17, 15) is 14.0 Å². The Balaban J connectivity index is 2.07. The first-order chi connectivity index (χ1) is 10.2. The van der Waals surface area contributed by atoms with Gasteiger partial charge in [0.25, 0.3) is 5.79 Å². The molecule has 1 spiro atoms. The number of anilines is 1. The number of imide groups is 1. The molecule has 2 amide bonds. The standard InChI is InChI=1S/C15H16FNO5/c1-14(2,3)22-13(19)17-11-5-4-9(16)8-10(11)15(12(17)18)20-6-7-21-15/h4-5,8H,6-7H2,1-3H3. The van der Waals surface area contributed by atoms with Crippen molar-refractivity contribution in [3.8, 4) is 0 Å². The summed E-state index contributed by atoms with van der Waals surface area (Å²) >= 11 is 0. The maximum atomic E-state index is 13.6. The summed E-state index contributed by atoms with van der Waals surface area (Å²) in [6.07, 6.45) is -0.846. The SMILES string of the molecule is CC(C)(C)OC(=O)N1C(=O)C2(OCCO2)c2cc(F)ccc21. The maximum Gasteiger partial charge on any atom is 0.421 e. The summed E-state index contributed by atoms with van der Waals surface area (Å²) in [6, 6.07) is 3.65. The van der Waals surface area contributed by atoms with Gasteiger partial charge >= 0.3 is 12.0 Å². The van der Waals surface area contributed by atoms with Gasteiger partial charge in [0.2, 0.25) is 0 Å². The molecule has 2 aliphatic heterocycles. The number of amides is 2. The smallest absolute Gasteiger partial charge is 0.421 e. The van der Waals surface area contributed by atoms with E-state index in [2.05, 4.69) is 0 Å². The summed E-state index contributed by atoms with van der Waals surface area (Å²) in [4.78, 5) is 25.9. The van der Waals surface area contributed by atoms with Gasteiger partial charge in [0.05, 0.1) is 18.9 Å². The zero-order valence-corrected chi connectivity index (χ0v) is 12.5. The fraction of sp³-hybridized carbons (Fsp3) is 0.467. The molecule has 6 nitrogen and oxygen atoms in total. The Bertz CT molecular complexity index is 646. The molecule has 0 atom stereocenters. The van der Waals surface area contributed by atoms with Crippen molar-refractivity contribution in [2.45, 2.75) is 32.2 Å². The number of rotatable bonds is 0. The molecule has 3 rings (SSSR count). The lowest BCUT2D eigenvalue weighted by Crippen LogP contribution is -2.45. The van der Waals surface area contributed by atoms with Crippen LogP contribution in [0.3, 0.4) is 0 Å². The third kappa shape index (κ3) is 2.17. The van der Waals surface area contributed by atoms with Crippen molar-refractivity contribution in [3.63, 3.8) is 0 Å². The Hall–Kier alpha value is -1.99. The summed E-state index contributed by atoms with van der Waals surface area (Å²) in [7, 11) is 0. The predicted octanol–water partition coefficient (Wildman–Crippen LogP) is 2.31. The van der Waals surface area contributed by atoms with E-state index < -0.39 is 29.2 Å². The molecule has 2 aliphatic rings. The van der Waals surface area contributed by atoms with Crippen LogP contribution in [0.4, 0.5) is 14.9 Å². The molecule has 0 radical (unpaired) electrons. The van der Waals surface area contributed by atoms with Crippen molar-refractivity contribution in [2.75, 3.05) is 18.1 Å². The van der Waals surface area contributed by atoms with Crippen LogP contribution < -0.4 is 4.90 Å². The molecule has 1 fully saturated rings. The third-order valence-corrected chi connectivity index (χ3v) is 3.31. The van der Waals surface area contributed by atoms with E-state index in [1.807, 2.05) is 0 Å². The number of carbonyl (C=O) groups is 2. The molecule has 118 valence electrons. The van der Waals surface area contributed by atoms with Crippen LogP contribution in [0.2, 0.25) is 0 Å². The lowest BCUT2D eigenvalue weighted by molar-refractivity contribution is -0.180. The molecule has 22 heavy (non-hydrogen) atoms. The molecule has 1 saturated heterocycles. The summed E-state index contributed by atoms with van der Waals surface area (Å²) in [5.74, 6) is -3.02. The number of hydrogen-bond donors (Lipinski definition) is 0. The van der Waals surface area contributed by atoms with Gasteiger partial charge in [0.1, 0.15) is 11.4 Å². The summed E-state index contributed by atoms with van der Waals surface area (Å²) in [6.45, 7) is 5.44. The highest BCUT2D eigenvalue weighted by atomic mass is 19.1. The van der Waals surface area contributed by atoms with E-state index in [1.54, 1.807) is 20.8 Å². The minimum absolute atomic E-state index is 0.181. The molecular formula is C15H16FNO5. The Labute approximate surface area is 126 Å². The summed E-state index contributed by atoms with van der Waals surface area (Å²) in [5, 5.41) is 0. The van der Waals surface area contributed by atoms with Crippen LogP contribution in [0.1, 0.15) is 26.3 Å².